The summed E-state index contributed by atoms with van der Waals surface area (Å²) < 4.78 is 26.7. The van der Waals surface area contributed by atoms with Gasteiger partial charge in [-0.15, -0.1) is 0 Å². The third-order valence-electron chi connectivity index (χ3n) is 4.92. The fourth-order valence-corrected chi connectivity index (χ4v) is 4.83. The number of carbonyl (C=O) groups is 1. The van der Waals surface area contributed by atoms with E-state index in [9.17, 15) is 13.2 Å². The van der Waals surface area contributed by atoms with Gasteiger partial charge in [-0.25, -0.2) is 8.42 Å². The van der Waals surface area contributed by atoms with E-state index in [0.717, 1.165) is 37.3 Å². The minimum absolute atomic E-state index is 0.166. The zero-order valence-corrected chi connectivity index (χ0v) is 16.2. The number of piperidine rings is 1. The number of nitrogens with zero attached hydrogens (tertiary/aromatic N) is 2. The molecule has 0 saturated carbocycles. The van der Waals surface area contributed by atoms with Crippen molar-refractivity contribution in [1.29, 1.82) is 0 Å². The van der Waals surface area contributed by atoms with Gasteiger partial charge in [-0.2, -0.15) is 0 Å². The minimum Gasteiger partial charge on any atom is -0.370 e. The molecule has 146 valence electrons. The second kappa shape index (κ2) is 7.63. The zero-order chi connectivity index (χ0) is 19.6. The first-order chi connectivity index (χ1) is 13.5. The molecule has 2 aliphatic rings. The highest BCUT2D eigenvalue weighted by molar-refractivity contribution is 7.90. The van der Waals surface area contributed by atoms with Crippen molar-refractivity contribution in [3.63, 3.8) is 0 Å². The molecule has 1 saturated heterocycles. The number of amidine groups is 1. The Morgan fingerprint density at radius 2 is 1.75 bits per heavy atom. The number of hydrogen-bond donors (Lipinski definition) is 2. The number of hydrogen-bond acceptors (Lipinski definition) is 5. The predicted octanol–water partition coefficient (Wildman–Crippen LogP) is 2.35. The molecule has 1 fully saturated rings. The van der Waals surface area contributed by atoms with Crippen molar-refractivity contribution in [3.05, 3.63) is 54.1 Å². The summed E-state index contributed by atoms with van der Waals surface area (Å²) in [6, 6.07) is 14.3. The number of amides is 1. The number of benzene rings is 2. The number of fused-ring (bicyclic) bond motifs is 1. The van der Waals surface area contributed by atoms with E-state index in [-0.39, 0.29) is 23.2 Å². The lowest BCUT2D eigenvalue weighted by atomic mass is 10.1. The van der Waals surface area contributed by atoms with Gasteiger partial charge in [0.25, 0.3) is 10.0 Å². The van der Waals surface area contributed by atoms with E-state index in [2.05, 4.69) is 19.9 Å². The Balaban J connectivity index is 1.48. The Hall–Kier alpha value is -2.87. The Morgan fingerprint density at radius 1 is 1.04 bits per heavy atom. The van der Waals surface area contributed by atoms with Crippen LogP contribution in [0.15, 0.2) is 58.4 Å². The van der Waals surface area contributed by atoms with Gasteiger partial charge in [-0.1, -0.05) is 24.3 Å². The first kappa shape index (κ1) is 18.5. The molecule has 2 aromatic carbocycles. The Kier molecular flexibility index (Phi) is 5.04. The number of aliphatic imine (C=N–C) groups is 1. The fraction of sp³-hybridized carbons (Fsp3) is 0.300. The second-order valence-corrected chi connectivity index (χ2v) is 8.53. The lowest BCUT2D eigenvalue weighted by molar-refractivity contribution is -0.114. The van der Waals surface area contributed by atoms with Crippen LogP contribution in [0.4, 0.5) is 11.4 Å². The standard InChI is InChI=1S/C20H22N4O3S/c25-19(14-21-20-15-8-2-5-11-18(15)28(26,27)23-20)22-16-9-3-4-10-17(16)24-12-6-1-7-13-24/h2-5,8-11H,1,6-7,12-14H2,(H,21,23)(H,22,25). The third kappa shape index (κ3) is 3.73. The monoisotopic (exact) mass is 398 g/mol. The summed E-state index contributed by atoms with van der Waals surface area (Å²) >= 11 is 0. The maximum Gasteiger partial charge on any atom is 0.263 e. The van der Waals surface area contributed by atoms with Crippen LogP contribution in [-0.2, 0) is 14.8 Å². The van der Waals surface area contributed by atoms with Crippen molar-refractivity contribution in [1.82, 2.24) is 4.72 Å². The molecular weight excluding hydrogens is 376 g/mol. The van der Waals surface area contributed by atoms with E-state index in [0.29, 0.717) is 5.56 Å². The van der Waals surface area contributed by atoms with Crippen LogP contribution in [0, 0.1) is 0 Å². The number of rotatable bonds is 4. The lowest BCUT2D eigenvalue weighted by Crippen LogP contribution is -2.30. The van der Waals surface area contributed by atoms with E-state index in [4.69, 9.17) is 0 Å². The average molecular weight is 398 g/mol. The molecule has 2 N–H and O–H groups in total. The summed E-state index contributed by atoms with van der Waals surface area (Å²) in [5, 5.41) is 2.91. The molecule has 4 rings (SSSR count). The van der Waals surface area contributed by atoms with Crippen LogP contribution in [0.3, 0.4) is 0 Å². The summed E-state index contributed by atoms with van der Waals surface area (Å²) in [6.45, 7) is 1.79. The number of para-hydroxylation sites is 2. The Morgan fingerprint density at radius 3 is 2.57 bits per heavy atom. The summed E-state index contributed by atoms with van der Waals surface area (Å²) in [6.07, 6.45) is 3.53. The van der Waals surface area contributed by atoms with Gasteiger partial charge in [0, 0.05) is 18.7 Å². The first-order valence-electron chi connectivity index (χ1n) is 9.35. The highest BCUT2D eigenvalue weighted by Crippen LogP contribution is 2.28. The smallest absolute Gasteiger partial charge is 0.263 e. The van der Waals surface area contributed by atoms with Crippen molar-refractivity contribution < 1.29 is 13.2 Å². The Bertz CT molecular complexity index is 1030. The number of anilines is 2. The molecule has 2 heterocycles. The Labute approximate surface area is 164 Å². The summed E-state index contributed by atoms with van der Waals surface area (Å²) in [4.78, 5) is 19.1. The van der Waals surface area contributed by atoms with Crippen LogP contribution < -0.4 is 14.9 Å². The molecule has 0 radical (unpaired) electrons. The molecule has 2 aliphatic heterocycles. The molecule has 0 bridgehead atoms. The molecule has 0 spiro atoms. The van der Waals surface area contributed by atoms with Gasteiger partial charge in [-0.05, 0) is 43.5 Å². The fourth-order valence-electron chi connectivity index (χ4n) is 3.58. The second-order valence-electron chi connectivity index (χ2n) is 6.88. The maximum absolute atomic E-state index is 12.5. The van der Waals surface area contributed by atoms with Crippen LogP contribution >= 0.6 is 0 Å². The number of nitrogens with one attached hydrogen (secondary N) is 2. The van der Waals surface area contributed by atoms with E-state index in [1.54, 1.807) is 18.2 Å². The molecule has 7 nitrogen and oxygen atoms in total. The van der Waals surface area contributed by atoms with Gasteiger partial charge >= 0.3 is 0 Å². The van der Waals surface area contributed by atoms with Crippen molar-refractivity contribution in [2.24, 2.45) is 4.99 Å². The largest absolute Gasteiger partial charge is 0.370 e. The van der Waals surface area contributed by atoms with Crippen LogP contribution in [0.25, 0.3) is 0 Å². The van der Waals surface area contributed by atoms with E-state index in [1.807, 2.05) is 24.3 Å². The predicted molar refractivity (Wildman–Crippen MR) is 109 cm³/mol. The lowest BCUT2D eigenvalue weighted by Gasteiger charge is -2.30. The molecule has 8 heteroatoms. The molecule has 1 amide bonds. The van der Waals surface area contributed by atoms with Crippen molar-refractivity contribution in [2.75, 3.05) is 29.9 Å². The van der Waals surface area contributed by atoms with Crippen LogP contribution in [0.5, 0.6) is 0 Å². The van der Waals surface area contributed by atoms with Crippen LogP contribution in [0.2, 0.25) is 0 Å². The van der Waals surface area contributed by atoms with Crippen LogP contribution in [-0.4, -0.2) is 39.8 Å². The highest BCUT2D eigenvalue weighted by atomic mass is 32.2. The van der Waals surface area contributed by atoms with Gasteiger partial charge in [0.05, 0.1) is 16.3 Å². The van der Waals surface area contributed by atoms with E-state index in [1.165, 1.54) is 12.5 Å². The molecule has 0 aliphatic carbocycles. The number of sulfonamides is 1. The molecule has 0 atom stereocenters. The summed E-state index contributed by atoms with van der Waals surface area (Å²) in [5.41, 5.74) is 2.25. The topological polar surface area (TPSA) is 90.9 Å². The van der Waals surface area contributed by atoms with Crippen molar-refractivity contribution in [3.8, 4) is 0 Å². The van der Waals surface area contributed by atoms with Crippen LogP contribution in [0.1, 0.15) is 24.8 Å². The van der Waals surface area contributed by atoms with Gasteiger partial charge in [0.15, 0.2) is 0 Å². The minimum atomic E-state index is -3.60. The summed E-state index contributed by atoms with van der Waals surface area (Å²) in [5.74, 6) is -0.0874. The van der Waals surface area contributed by atoms with Gasteiger partial charge in [-0.3, -0.25) is 14.5 Å². The maximum atomic E-state index is 12.5. The molecule has 0 aromatic heterocycles. The summed E-state index contributed by atoms with van der Waals surface area (Å²) in [7, 11) is -3.60. The normalized spacial score (nSPS) is 19.1. The van der Waals surface area contributed by atoms with Crippen molar-refractivity contribution >= 4 is 33.1 Å². The van der Waals surface area contributed by atoms with Gasteiger partial charge in [0.1, 0.15) is 12.4 Å². The third-order valence-corrected chi connectivity index (χ3v) is 6.32. The van der Waals surface area contributed by atoms with Crippen molar-refractivity contribution in [2.45, 2.75) is 24.2 Å². The number of carbonyl (C=O) groups excluding carboxylic acids is 1. The van der Waals surface area contributed by atoms with Gasteiger partial charge in [0.2, 0.25) is 5.91 Å². The van der Waals surface area contributed by atoms with E-state index < -0.39 is 10.0 Å². The van der Waals surface area contributed by atoms with Gasteiger partial charge < -0.3 is 10.2 Å². The molecule has 0 unspecified atom stereocenters. The SMILES string of the molecule is O=C(CN=C1NS(=O)(=O)c2ccccc21)Nc1ccccc1N1CCCCC1. The zero-order valence-electron chi connectivity index (χ0n) is 15.4. The van der Waals surface area contributed by atoms with E-state index >= 15 is 0 Å². The average Bonchev–Trinajstić information content (AvgIpc) is 2.98. The quantitative estimate of drug-likeness (QED) is 0.827. The first-order valence-corrected chi connectivity index (χ1v) is 10.8. The highest BCUT2D eigenvalue weighted by Gasteiger charge is 2.30. The molecular formula is C20H22N4O3S. The molecule has 28 heavy (non-hydrogen) atoms. The molecule has 2 aromatic rings.